The third-order valence-corrected chi connectivity index (χ3v) is 3.60. The Morgan fingerprint density at radius 3 is 2.50 bits per heavy atom. The molecular formula is C13H20O7. The van der Waals surface area contributed by atoms with Crippen molar-refractivity contribution in [2.24, 2.45) is 5.92 Å². The molecule has 0 unspecified atom stereocenters. The van der Waals surface area contributed by atoms with Crippen LogP contribution < -0.4 is 0 Å². The van der Waals surface area contributed by atoms with Crippen LogP contribution in [0.2, 0.25) is 0 Å². The first-order valence-electron chi connectivity index (χ1n) is 6.71. The summed E-state index contributed by atoms with van der Waals surface area (Å²) in [6.45, 7) is 3.59. The van der Waals surface area contributed by atoms with E-state index in [2.05, 4.69) is 0 Å². The molecule has 0 saturated carbocycles. The highest BCUT2D eigenvalue weighted by atomic mass is 16.8. The largest absolute Gasteiger partial charge is 0.481 e. The molecule has 7 nitrogen and oxygen atoms in total. The van der Waals surface area contributed by atoms with Crippen molar-refractivity contribution in [1.29, 1.82) is 0 Å². The summed E-state index contributed by atoms with van der Waals surface area (Å²) in [6.07, 6.45) is -0.411. The van der Waals surface area contributed by atoms with Crippen LogP contribution in [0.5, 0.6) is 0 Å². The summed E-state index contributed by atoms with van der Waals surface area (Å²) in [6, 6.07) is 0. The van der Waals surface area contributed by atoms with Gasteiger partial charge in [-0.2, -0.15) is 0 Å². The van der Waals surface area contributed by atoms with E-state index in [0.29, 0.717) is 6.42 Å². The van der Waals surface area contributed by atoms with Gasteiger partial charge in [-0.3, -0.25) is 9.59 Å². The smallest absolute Gasteiger partial charge is 0.303 e. The molecule has 0 radical (unpaired) electrons. The van der Waals surface area contributed by atoms with E-state index < -0.39 is 24.0 Å². The van der Waals surface area contributed by atoms with Crippen molar-refractivity contribution in [3.63, 3.8) is 0 Å². The highest BCUT2D eigenvalue weighted by Crippen LogP contribution is 2.40. The molecule has 0 spiro atoms. The van der Waals surface area contributed by atoms with Crippen LogP contribution >= 0.6 is 0 Å². The first-order chi connectivity index (χ1) is 9.27. The summed E-state index contributed by atoms with van der Waals surface area (Å²) >= 11 is 0. The van der Waals surface area contributed by atoms with Crippen LogP contribution in [0.1, 0.15) is 39.5 Å². The number of carboxylic acids is 2. The Balaban J connectivity index is 1.94. The van der Waals surface area contributed by atoms with Gasteiger partial charge in [-0.15, -0.1) is 0 Å². The van der Waals surface area contributed by atoms with Gasteiger partial charge in [0.1, 0.15) is 6.10 Å². The zero-order valence-electron chi connectivity index (χ0n) is 11.6. The predicted molar refractivity (Wildman–Crippen MR) is 65.9 cm³/mol. The van der Waals surface area contributed by atoms with Crippen LogP contribution in [0, 0.1) is 5.92 Å². The van der Waals surface area contributed by atoms with Gasteiger partial charge in [0, 0.05) is 12.8 Å². The van der Waals surface area contributed by atoms with Gasteiger partial charge >= 0.3 is 11.9 Å². The Bertz CT molecular complexity index is 376. The highest BCUT2D eigenvalue weighted by molar-refractivity contribution is 5.68. The van der Waals surface area contributed by atoms with E-state index in [1.54, 1.807) is 13.8 Å². The number of hydrogen-bond acceptors (Lipinski definition) is 5. The van der Waals surface area contributed by atoms with Gasteiger partial charge in [0.25, 0.3) is 0 Å². The van der Waals surface area contributed by atoms with E-state index in [1.807, 2.05) is 0 Å². The normalized spacial score (nSPS) is 32.8. The second-order valence-corrected chi connectivity index (χ2v) is 5.74. The molecule has 0 aromatic carbocycles. The van der Waals surface area contributed by atoms with E-state index >= 15 is 0 Å². The molecule has 2 fully saturated rings. The Kier molecular flexibility index (Phi) is 4.31. The second-order valence-electron chi connectivity index (χ2n) is 5.74. The average molecular weight is 288 g/mol. The Morgan fingerprint density at radius 1 is 1.25 bits per heavy atom. The molecule has 0 aliphatic carbocycles. The van der Waals surface area contributed by atoms with Crippen molar-refractivity contribution in [3.8, 4) is 0 Å². The minimum Gasteiger partial charge on any atom is -0.481 e. The lowest BCUT2D eigenvalue weighted by Crippen LogP contribution is -2.29. The molecule has 2 heterocycles. The van der Waals surface area contributed by atoms with Crippen LogP contribution in [-0.4, -0.2) is 46.4 Å². The number of fused-ring (bicyclic) bond motifs is 1. The monoisotopic (exact) mass is 288 g/mol. The van der Waals surface area contributed by atoms with E-state index in [-0.39, 0.29) is 37.4 Å². The van der Waals surface area contributed by atoms with Crippen LogP contribution in [0.4, 0.5) is 0 Å². The van der Waals surface area contributed by atoms with Gasteiger partial charge < -0.3 is 24.4 Å². The zero-order valence-corrected chi connectivity index (χ0v) is 11.6. The van der Waals surface area contributed by atoms with E-state index in [9.17, 15) is 9.59 Å². The SMILES string of the molecule is CC1(C)O[C@H]2O[C@H]([C@@H](CCC(=O)O)CC(=O)O)C[C@H]2O1. The van der Waals surface area contributed by atoms with Crippen LogP contribution in [0.15, 0.2) is 0 Å². The summed E-state index contributed by atoms with van der Waals surface area (Å²) in [5.74, 6) is -2.93. The molecular weight excluding hydrogens is 268 g/mol. The quantitative estimate of drug-likeness (QED) is 0.757. The lowest BCUT2D eigenvalue weighted by atomic mass is 9.91. The van der Waals surface area contributed by atoms with Gasteiger partial charge in [-0.1, -0.05) is 0 Å². The maximum atomic E-state index is 10.9. The van der Waals surface area contributed by atoms with Crippen molar-refractivity contribution < 1.29 is 34.0 Å². The molecule has 2 rings (SSSR count). The van der Waals surface area contributed by atoms with Gasteiger partial charge in [-0.25, -0.2) is 0 Å². The van der Waals surface area contributed by atoms with Crippen molar-refractivity contribution >= 4 is 11.9 Å². The lowest BCUT2D eigenvalue weighted by Gasteiger charge is -2.25. The topological polar surface area (TPSA) is 102 Å². The molecule has 2 saturated heterocycles. The summed E-state index contributed by atoms with van der Waals surface area (Å²) in [4.78, 5) is 21.5. The Labute approximate surface area is 116 Å². The van der Waals surface area contributed by atoms with Gasteiger partial charge in [0.2, 0.25) is 0 Å². The fourth-order valence-electron chi connectivity index (χ4n) is 2.79. The average Bonchev–Trinajstić information content (AvgIpc) is 2.76. The molecule has 2 N–H and O–H groups in total. The molecule has 2 aliphatic rings. The van der Waals surface area contributed by atoms with E-state index in [0.717, 1.165) is 0 Å². The fraction of sp³-hybridized carbons (Fsp3) is 0.846. The lowest BCUT2D eigenvalue weighted by molar-refractivity contribution is -0.210. The Morgan fingerprint density at radius 2 is 1.95 bits per heavy atom. The molecule has 4 atom stereocenters. The number of aliphatic carboxylic acids is 2. The summed E-state index contributed by atoms with van der Waals surface area (Å²) in [7, 11) is 0. The molecule has 114 valence electrons. The minimum absolute atomic E-state index is 0.0691. The van der Waals surface area contributed by atoms with Crippen molar-refractivity contribution in [2.45, 2.75) is 63.8 Å². The number of carbonyl (C=O) groups is 2. The number of rotatable bonds is 6. The maximum absolute atomic E-state index is 10.9. The standard InChI is InChI=1S/C13H20O7/c1-13(2)19-9-6-8(18-12(9)20-13)7(5-11(16)17)3-4-10(14)15/h7-9,12H,3-6H2,1-2H3,(H,14,15)(H,16,17)/t7-,8-,9+,12+/m0/s1. The van der Waals surface area contributed by atoms with Crippen LogP contribution in [0.3, 0.4) is 0 Å². The molecule has 0 amide bonds. The molecule has 20 heavy (non-hydrogen) atoms. The maximum Gasteiger partial charge on any atom is 0.303 e. The van der Waals surface area contributed by atoms with Crippen molar-refractivity contribution in [2.75, 3.05) is 0 Å². The van der Waals surface area contributed by atoms with Gasteiger partial charge in [-0.05, 0) is 26.2 Å². The van der Waals surface area contributed by atoms with Crippen molar-refractivity contribution in [1.82, 2.24) is 0 Å². The third-order valence-electron chi connectivity index (χ3n) is 3.60. The minimum atomic E-state index is -0.955. The molecule has 2 aliphatic heterocycles. The highest BCUT2D eigenvalue weighted by Gasteiger charge is 2.50. The molecule has 0 bridgehead atoms. The van der Waals surface area contributed by atoms with Crippen molar-refractivity contribution in [3.05, 3.63) is 0 Å². The predicted octanol–water partition coefficient (Wildman–Crippen LogP) is 1.21. The van der Waals surface area contributed by atoms with E-state index in [1.165, 1.54) is 0 Å². The summed E-state index contributed by atoms with van der Waals surface area (Å²) in [5.41, 5.74) is 0. The summed E-state index contributed by atoms with van der Waals surface area (Å²) in [5, 5.41) is 17.7. The number of carboxylic acid groups (broad SMARTS) is 2. The molecule has 0 aromatic heterocycles. The van der Waals surface area contributed by atoms with Crippen LogP contribution in [0.25, 0.3) is 0 Å². The molecule has 0 aromatic rings. The number of hydrogen-bond donors (Lipinski definition) is 2. The molecule has 7 heteroatoms. The second kappa shape index (κ2) is 5.67. The fourth-order valence-corrected chi connectivity index (χ4v) is 2.79. The third kappa shape index (κ3) is 3.68. The first-order valence-corrected chi connectivity index (χ1v) is 6.71. The number of ether oxygens (including phenoxy) is 3. The first kappa shape index (κ1) is 15.2. The van der Waals surface area contributed by atoms with Gasteiger partial charge in [0.15, 0.2) is 12.1 Å². The zero-order chi connectivity index (χ0) is 14.9. The summed E-state index contributed by atoms with van der Waals surface area (Å²) < 4.78 is 17.0. The van der Waals surface area contributed by atoms with Gasteiger partial charge in [0.05, 0.1) is 12.5 Å². The van der Waals surface area contributed by atoms with Crippen LogP contribution in [-0.2, 0) is 23.8 Å². The van der Waals surface area contributed by atoms with E-state index in [4.69, 9.17) is 24.4 Å². The Hall–Kier alpha value is -1.18.